The molecule has 162 valence electrons. The van der Waals surface area contributed by atoms with Gasteiger partial charge in [-0.3, -0.25) is 9.69 Å². The number of piperidine rings is 1. The summed E-state index contributed by atoms with van der Waals surface area (Å²) in [6.07, 6.45) is 4.44. The SMILES string of the molecule is N#Cc1cccnc1N1CCCN(C(=O)C2CCCN(Cc3cccc(F)c3)C2)CC1. The van der Waals surface area contributed by atoms with Crippen molar-refractivity contribution in [1.82, 2.24) is 14.8 Å². The number of halogens is 1. The predicted octanol–water partition coefficient (Wildman–Crippen LogP) is 3.04. The molecule has 0 bridgehead atoms. The van der Waals surface area contributed by atoms with Crippen molar-refractivity contribution in [3.05, 3.63) is 59.5 Å². The Labute approximate surface area is 182 Å². The van der Waals surface area contributed by atoms with Crippen LogP contribution >= 0.6 is 0 Å². The first-order valence-electron chi connectivity index (χ1n) is 11.0. The summed E-state index contributed by atoms with van der Waals surface area (Å²) in [6.45, 7) is 5.15. The average Bonchev–Trinajstić information content (AvgIpc) is 3.05. The summed E-state index contributed by atoms with van der Waals surface area (Å²) < 4.78 is 13.5. The highest BCUT2D eigenvalue weighted by Crippen LogP contribution is 2.23. The number of carbonyl (C=O) groups excluding carboxylic acids is 1. The van der Waals surface area contributed by atoms with E-state index in [-0.39, 0.29) is 17.6 Å². The molecule has 2 aliphatic heterocycles. The third-order valence-electron chi connectivity index (χ3n) is 6.16. The minimum atomic E-state index is -0.219. The summed E-state index contributed by atoms with van der Waals surface area (Å²) in [5.41, 5.74) is 1.52. The van der Waals surface area contributed by atoms with Crippen molar-refractivity contribution in [2.75, 3.05) is 44.2 Å². The molecule has 1 amide bonds. The number of carbonyl (C=O) groups is 1. The van der Waals surface area contributed by atoms with Crippen LogP contribution in [-0.4, -0.2) is 60.0 Å². The first-order valence-corrected chi connectivity index (χ1v) is 11.0. The highest BCUT2D eigenvalue weighted by molar-refractivity contribution is 5.79. The largest absolute Gasteiger partial charge is 0.354 e. The zero-order valence-corrected chi connectivity index (χ0v) is 17.7. The molecule has 0 radical (unpaired) electrons. The van der Waals surface area contributed by atoms with Crippen LogP contribution in [-0.2, 0) is 11.3 Å². The average molecular weight is 422 g/mol. The highest BCUT2D eigenvalue weighted by Gasteiger charge is 2.30. The number of amides is 1. The normalized spacial score (nSPS) is 20.2. The molecule has 2 aromatic rings. The smallest absolute Gasteiger partial charge is 0.227 e. The second-order valence-corrected chi connectivity index (χ2v) is 8.36. The maximum atomic E-state index is 13.5. The van der Waals surface area contributed by atoms with Crippen molar-refractivity contribution >= 4 is 11.7 Å². The van der Waals surface area contributed by atoms with Crippen molar-refractivity contribution < 1.29 is 9.18 Å². The number of nitriles is 1. The van der Waals surface area contributed by atoms with Crippen LogP contribution in [0.4, 0.5) is 10.2 Å². The van der Waals surface area contributed by atoms with E-state index in [0.717, 1.165) is 44.5 Å². The van der Waals surface area contributed by atoms with Crippen molar-refractivity contribution in [3.63, 3.8) is 0 Å². The van der Waals surface area contributed by atoms with Gasteiger partial charge in [0, 0.05) is 45.5 Å². The number of nitrogens with zero attached hydrogens (tertiary/aromatic N) is 5. The van der Waals surface area contributed by atoms with Crippen molar-refractivity contribution in [1.29, 1.82) is 5.26 Å². The molecule has 2 saturated heterocycles. The Morgan fingerprint density at radius 2 is 2.03 bits per heavy atom. The molecule has 1 aromatic heterocycles. The minimum Gasteiger partial charge on any atom is -0.354 e. The van der Waals surface area contributed by atoms with Gasteiger partial charge in [0.2, 0.25) is 5.91 Å². The topological polar surface area (TPSA) is 63.5 Å². The van der Waals surface area contributed by atoms with Gasteiger partial charge in [0.25, 0.3) is 0 Å². The van der Waals surface area contributed by atoms with Gasteiger partial charge in [0.15, 0.2) is 0 Å². The second-order valence-electron chi connectivity index (χ2n) is 8.36. The molecule has 0 N–H and O–H groups in total. The highest BCUT2D eigenvalue weighted by atomic mass is 19.1. The molecular formula is C24H28FN5O. The van der Waals surface area contributed by atoms with Crippen LogP contribution in [0.3, 0.4) is 0 Å². The van der Waals surface area contributed by atoms with Crippen LogP contribution in [0.2, 0.25) is 0 Å². The number of rotatable bonds is 4. The number of anilines is 1. The Bertz CT molecular complexity index is 959. The van der Waals surface area contributed by atoms with Gasteiger partial charge >= 0.3 is 0 Å². The lowest BCUT2D eigenvalue weighted by atomic mass is 9.96. The van der Waals surface area contributed by atoms with Gasteiger partial charge in [-0.15, -0.1) is 0 Å². The standard InChI is InChI=1S/C24H28FN5O/c25-22-8-1-5-19(15-22)17-28-10-3-7-21(18-28)24(31)30-12-4-11-29(13-14-30)23-20(16-26)6-2-9-27-23/h1-2,5-6,8-9,15,21H,3-4,7,10-14,17-18H2. The number of aromatic nitrogens is 1. The fraction of sp³-hybridized carbons (Fsp3) is 0.458. The maximum absolute atomic E-state index is 13.5. The van der Waals surface area contributed by atoms with E-state index in [2.05, 4.69) is 20.9 Å². The fourth-order valence-corrected chi connectivity index (χ4v) is 4.64. The molecule has 1 unspecified atom stereocenters. The Kier molecular flexibility index (Phi) is 6.78. The number of benzene rings is 1. The monoisotopic (exact) mass is 421 g/mol. The Morgan fingerprint density at radius 1 is 1.13 bits per heavy atom. The van der Waals surface area contributed by atoms with Gasteiger partial charge < -0.3 is 9.80 Å². The second kappa shape index (κ2) is 9.88. The lowest BCUT2D eigenvalue weighted by Gasteiger charge is -2.34. The third-order valence-corrected chi connectivity index (χ3v) is 6.16. The van der Waals surface area contributed by atoms with Crippen LogP contribution in [0.15, 0.2) is 42.6 Å². The van der Waals surface area contributed by atoms with E-state index in [1.165, 1.54) is 6.07 Å². The quantitative estimate of drug-likeness (QED) is 0.759. The fourth-order valence-electron chi connectivity index (χ4n) is 4.64. The van der Waals surface area contributed by atoms with Gasteiger partial charge in [0.1, 0.15) is 17.7 Å². The molecule has 2 aliphatic rings. The summed E-state index contributed by atoms with van der Waals surface area (Å²) in [5.74, 6) is 0.688. The van der Waals surface area contributed by atoms with E-state index in [4.69, 9.17) is 0 Å². The van der Waals surface area contributed by atoms with E-state index < -0.39 is 0 Å². The molecule has 1 atom stereocenters. The number of hydrogen-bond donors (Lipinski definition) is 0. The first-order chi connectivity index (χ1) is 15.1. The molecule has 4 rings (SSSR count). The van der Waals surface area contributed by atoms with Crippen molar-refractivity contribution in [2.24, 2.45) is 5.92 Å². The Balaban J connectivity index is 1.36. The summed E-state index contributed by atoms with van der Waals surface area (Å²) in [5, 5.41) is 9.37. The van der Waals surface area contributed by atoms with Crippen LogP contribution in [0.1, 0.15) is 30.4 Å². The van der Waals surface area contributed by atoms with E-state index in [1.807, 2.05) is 11.0 Å². The molecule has 0 aliphatic carbocycles. The van der Waals surface area contributed by atoms with E-state index in [1.54, 1.807) is 30.5 Å². The zero-order chi connectivity index (χ0) is 21.6. The maximum Gasteiger partial charge on any atom is 0.227 e. The molecule has 0 spiro atoms. The number of likely N-dealkylation sites (tertiary alicyclic amines) is 1. The van der Waals surface area contributed by atoms with Crippen LogP contribution in [0.5, 0.6) is 0 Å². The van der Waals surface area contributed by atoms with E-state index >= 15 is 0 Å². The summed E-state index contributed by atoms with van der Waals surface area (Å²) in [4.78, 5) is 24.0. The predicted molar refractivity (Wildman–Crippen MR) is 117 cm³/mol. The molecule has 31 heavy (non-hydrogen) atoms. The van der Waals surface area contributed by atoms with Crippen LogP contribution in [0.25, 0.3) is 0 Å². The molecule has 0 saturated carbocycles. The van der Waals surface area contributed by atoms with Gasteiger partial charge in [-0.2, -0.15) is 5.26 Å². The van der Waals surface area contributed by atoms with Gasteiger partial charge in [0.05, 0.1) is 11.5 Å². The van der Waals surface area contributed by atoms with Crippen LogP contribution in [0, 0.1) is 23.1 Å². The first kappa shape index (κ1) is 21.3. The third kappa shape index (κ3) is 5.20. The van der Waals surface area contributed by atoms with Crippen molar-refractivity contribution in [3.8, 4) is 6.07 Å². The molecule has 7 heteroatoms. The lowest BCUT2D eigenvalue weighted by molar-refractivity contribution is -0.137. The van der Waals surface area contributed by atoms with Crippen molar-refractivity contribution in [2.45, 2.75) is 25.8 Å². The van der Waals surface area contributed by atoms with Gasteiger partial charge in [-0.1, -0.05) is 12.1 Å². The molecule has 2 fully saturated rings. The molecule has 3 heterocycles. The summed E-state index contributed by atoms with van der Waals surface area (Å²) in [6, 6.07) is 12.5. The van der Waals surface area contributed by atoms with E-state index in [0.29, 0.717) is 37.6 Å². The lowest BCUT2D eigenvalue weighted by Crippen LogP contribution is -2.45. The molecule has 6 nitrogen and oxygen atoms in total. The van der Waals surface area contributed by atoms with Gasteiger partial charge in [-0.05, 0) is 55.6 Å². The Hall–Kier alpha value is -2.98. The zero-order valence-electron chi connectivity index (χ0n) is 17.7. The van der Waals surface area contributed by atoms with Crippen LogP contribution < -0.4 is 4.90 Å². The van der Waals surface area contributed by atoms with Gasteiger partial charge in [-0.25, -0.2) is 9.37 Å². The summed E-state index contributed by atoms with van der Waals surface area (Å²) in [7, 11) is 0. The minimum absolute atomic E-state index is 0.0154. The summed E-state index contributed by atoms with van der Waals surface area (Å²) >= 11 is 0. The molecular weight excluding hydrogens is 393 g/mol. The molecule has 1 aromatic carbocycles. The Morgan fingerprint density at radius 3 is 2.87 bits per heavy atom. The number of hydrogen-bond acceptors (Lipinski definition) is 5. The number of pyridine rings is 1. The van der Waals surface area contributed by atoms with E-state index in [9.17, 15) is 14.4 Å².